The Morgan fingerprint density at radius 1 is 1.21 bits per heavy atom. The summed E-state index contributed by atoms with van der Waals surface area (Å²) in [6, 6.07) is 13.8. The fraction of sp³-hybridized carbons (Fsp3) is 0.350. The van der Waals surface area contributed by atoms with Crippen LogP contribution in [0.15, 0.2) is 53.4 Å². The highest BCUT2D eigenvalue weighted by Crippen LogP contribution is 2.65. The second-order valence-corrected chi connectivity index (χ2v) is 9.42. The maximum absolute atomic E-state index is 13.5. The topological polar surface area (TPSA) is 87.8 Å². The molecule has 2 aromatic carbocycles. The Morgan fingerprint density at radius 2 is 1.93 bits per heavy atom. The van der Waals surface area contributed by atoms with Crippen molar-refractivity contribution in [1.29, 1.82) is 0 Å². The third-order valence-corrected chi connectivity index (χ3v) is 8.09. The van der Waals surface area contributed by atoms with Crippen molar-refractivity contribution < 1.29 is 22.6 Å². The first-order chi connectivity index (χ1) is 13.4. The van der Waals surface area contributed by atoms with Gasteiger partial charge in [-0.05, 0) is 36.8 Å². The van der Waals surface area contributed by atoms with Crippen molar-refractivity contribution in [2.24, 2.45) is 11.1 Å². The number of benzene rings is 2. The van der Waals surface area contributed by atoms with Crippen LogP contribution in [0.3, 0.4) is 0 Å². The maximum atomic E-state index is 13.5. The molecule has 0 aromatic heterocycles. The van der Waals surface area contributed by atoms with E-state index < -0.39 is 26.4 Å². The number of hydrogen-bond acceptors (Lipinski definition) is 6. The minimum absolute atomic E-state index is 0.146. The Bertz CT molecular complexity index is 1010. The molecule has 1 fully saturated rings. The highest BCUT2D eigenvalue weighted by molar-refractivity contribution is 7.92. The molecule has 1 heterocycles. The zero-order valence-corrected chi connectivity index (χ0v) is 17.0. The number of ether oxygens (including phenoxy) is 3. The molecule has 28 heavy (non-hydrogen) atoms. The van der Waals surface area contributed by atoms with Crippen molar-refractivity contribution in [3.8, 4) is 11.5 Å². The Hall–Kier alpha value is -2.16. The number of hydrogen-bond donors (Lipinski definition) is 1. The van der Waals surface area contributed by atoms with E-state index in [-0.39, 0.29) is 23.3 Å². The third kappa shape index (κ3) is 2.87. The summed E-state index contributed by atoms with van der Waals surface area (Å²) in [4.78, 5) is 0.397. The molecule has 1 saturated carbocycles. The van der Waals surface area contributed by atoms with Crippen LogP contribution in [0.5, 0.6) is 11.5 Å². The van der Waals surface area contributed by atoms with Crippen molar-refractivity contribution in [3.63, 3.8) is 0 Å². The van der Waals surface area contributed by atoms with Crippen molar-refractivity contribution in [3.05, 3.63) is 54.1 Å². The van der Waals surface area contributed by atoms with Gasteiger partial charge in [-0.15, -0.1) is 0 Å². The predicted octanol–water partition coefficient (Wildman–Crippen LogP) is 2.66. The van der Waals surface area contributed by atoms with Crippen LogP contribution in [0.4, 0.5) is 0 Å². The largest absolute Gasteiger partial charge is 0.454 e. The summed E-state index contributed by atoms with van der Waals surface area (Å²) in [5, 5.41) is -0.799. The number of thiocarbonyl (C=S) groups is 1. The molecule has 3 atom stereocenters. The molecule has 2 N–H and O–H groups in total. The molecule has 2 aromatic rings. The molecule has 1 aliphatic heterocycles. The Kier molecular flexibility index (Phi) is 4.81. The van der Waals surface area contributed by atoms with Gasteiger partial charge in [-0.2, -0.15) is 0 Å². The third-order valence-electron chi connectivity index (χ3n) is 5.42. The normalized spacial score (nSPS) is 25.5. The number of sulfone groups is 1. The van der Waals surface area contributed by atoms with E-state index in [9.17, 15) is 8.42 Å². The van der Waals surface area contributed by atoms with Crippen LogP contribution in [-0.4, -0.2) is 38.7 Å². The van der Waals surface area contributed by atoms with Gasteiger partial charge in [-0.3, -0.25) is 0 Å². The van der Waals surface area contributed by atoms with Crippen LogP contribution in [-0.2, 0) is 14.6 Å². The summed E-state index contributed by atoms with van der Waals surface area (Å²) in [6.07, 6.45) is 0. The number of rotatable bonds is 7. The number of fused-ring (bicyclic) bond motifs is 1. The van der Waals surface area contributed by atoms with Gasteiger partial charge in [0.1, 0.15) is 0 Å². The van der Waals surface area contributed by atoms with Gasteiger partial charge < -0.3 is 19.9 Å². The summed E-state index contributed by atoms with van der Waals surface area (Å²) in [6.45, 7) is 2.59. The molecule has 6 nitrogen and oxygen atoms in total. The second-order valence-electron chi connectivity index (χ2n) is 6.91. The lowest BCUT2D eigenvalue weighted by Gasteiger charge is -2.17. The first-order valence-electron chi connectivity index (χ1n) is 8.99. The molecule has 2 aliphatic rings. The van der Waals surface area contributed by atoms with E-state index in [1.54, 1.807) is 36.4 Å². The van der Waals surface area contributed by atoms with Crippen LogP contribution in [0.25, 0.3) is 0 Å². The number of nitrogens with two attached hydrogens (primary N) is 1. The fourth-order valence-electron chi connectivity index (χ4n) is 4.00. The average Bonchev–Trinajstić information content (AvgIpc) is 3.18. The zero-order valence-electron chi connectivity index (χ0n) is 15.3. The molecule has 0 saturated heterocycles. The summed E-state index contributed by atoms with van der Waals surface area (Å²) in [5.74, 6) is 0.808. The van der Waals surface area contributed by atoms with Gasteiger partial charge in [0.2, 0.25) is 6.79 Å². The van der Waals surface area contributed by atoms with Gasteiger partial charge in [0.25, 0.3) is 0 Å². The second kappa shape index (κ2) is 7.02. The van der Waals surface area contributed by atoms with E-state index >= 15 is 0 Å². The molecule has 0 radical (unpaired) electrons. The Morgan fingerprint density at radius 3 is 2.61 bits per heavy atom. The fourth-order valence-corrected chi connectivity index (χ4v) is 6.80. The van der Waals surface area contributed by atoms with E-state index in [0.717, 1.165) is 5.56 Å². The molecular weight excluding hydrogens is 398 g/mol. The Balaban J connectivity index is 1.81. The molecular formula is C20H21NO5S2. The van der Waals surface area contributed by atoms with Gasteiger partial charge in [-0.25, -0.2) is 8.42 Å². The van der Waals surface area contributed by atoms with E-state index in [2.05, 4.69) is 0 Å². The molecule has 148 valence electrons. The van der Waals surface area contributed by atoms with E-state index in [4.69, 9.17) is 32.2 Å². The zero-order chi connectivity index (χ0) is 19.9. The van der Waals surface area contributed by atoms with Crippen molar-refractivity contribution in [2.75, 3.05) is 20.0 Å². The SMILES string of the molecule is CCOC[C@]1(C(N)=S)[C@H](c2ccc3c(c2)OCO3)[C@H]1S(=O)(=O)c1ccccc1. The quantitative estimate of drug-likeness (QED) is 0.690. The van der Waals surface area contributed by atoms with E-state index in [1.807, 2.05) is 19.1 Å². The highest BCUT2D eigenvalue weighted by atomic mass is 32.2. The summed E-state index contributed by atoms with van der Waals surface area (Å²) >= 11 is 5.36. The average molecular weight is 420 g/mol. The van der Waals surface area contributed by atoms with Crippen molar-refractivity contribution >= 4 is 27.0 Å². The Labute approximate surface area is 169 Å². The van der Waals surface area contributed by atoms with Crippen LogP contribution < -0.4 is 15.2 Å². The van der Waals surface area contributed by atoms with Gasteiger partial charge >= 0.3 is 0 Å². The smallest absolute Gasteiger partial charge is 0.231 e. The van der Waals surface area contributed by atoms with Crippen LogP contribution in [0.1, 0.15) is 18.4 Å². The molecule has 0 amide bonds. The summed E-state index contributed by atoms with van der Waals surface area (Å²) in [7, 11) is -3.68. The van der Waals surface area contributed by atoms with E-state index in [1.165, 1.54) is 0 Å². The predicted molar refractivity (Wildman–Crippen MR) is 108 cm³/mol. The minimum Gasteiger partial charge on any atom is -0.454 e. The van der Waals surface area contributed by atoms with Crippen molar-refractivity contribution in [1.82, 2.24) is 0 Å². The molecule has 0 bridgehead atoms. The van der Waals surface area contributed by atoms with Crippen LogP contribution in [0.2, 0.25) is 0 Å². The van der Waals surface area contributed by atoms with Gasteiger partial charge in [0.05, 0.1) is 27.2 Å². The van der Waals surface area contributed by atoms with E-state index in [0.29, 0.717) is 18.1 Å². The van der Waals surface area contributed by atoms with Crippen LogP contribution in [0, 0.1) is 5.41 Å². The van der Waals surface area contributed by atoms with Gasteiger partial charge in [0, 0.05) is 12.5 Å². The minimum atomic E-state index is -3.68. The summed E-state index contributed by atoms with van der Waals surface area (Å²) < 4.78 is 43.4. The van der Waals surface area contributed by atoms with Gasteiger partial charge in [0.15, 0.2) is 21.3 Å². The molecule has 0 unspecified atom stereocenters. The summed E-state index contributed by atoms with van der Waals surface area (Å²) in [5.41, 5.74) is 5.94. The van der Waals surface area contributed by atoms with Crippen LogP contribution >= 0.6 is 12.2 Å². The molecule has 4 rings (SSSR count). The molecule has 8 heteroatoms. The standard InChI is InChI=1S/C20H21NO5S2/c1-2-24-11-20(19(21)27)17(13-8-9-15-16(10-13)26-12-25-15)18(20)28(22,23)14-6-4-3-5-7-14/h3-10,17-18H,2,11-12H2,1H3,(H2,21,27)/t17-,18-,20+/m1/s1. The lowest BCUT2D eigenvalue weighted by Crippen LogP contribution is -2.33. The monoisotopic (exact) mass is 419 g/mol. The highest BCUT2D eigenvalue weighted by Gasteiger charge is 2.73. The maximum Gasteiger partial charge on any atom is 0.231 e. The first-order valence-corrected chi connectivity index (χ1v) is 10.9. The lowest BCUT2D eigenvalue weighted by molar-refractivity contribution is 0.121. The molecule has 0 spiro atoms. The molecule has 1 aliphatic carbocycles. The lowest BCUT2D eigenvalue weighted by atomic mass is 9.99. The first kappa shape index (κ1) is 19.2. The van der Waals surface area contributed by atoms with Gasteiger partial charge in [-0.1, -0.05) is 36.5 Å². The van der Waals surface area contributed by atoms with Crippen molar-refractivity contribution in [2.45, 2.75) is 23.0 Å².